The number of hydrogen-bond acceptors (Lipinski definition) is 0. The monoisotopic (exact) mass is 742 g/mol. The van der Waals surface area contributed by atoms with Gasteiger partial charge in [-0.3, -0.25) is 0 Å². The first-order valence-electron chi connectivity index (χ1n) is 0.174. The molecule has 4 heteroatoms. The third kappa shape index (κ3) is 9.03. The SMILES string of the molecule is [BiH3].[PbH2].[SbH2][Au]. The van der Waals surface area contributed by atoms with Crippen LogP contribution in [0.25, 0.3) is 0 Å². The van der Waals surface area contributed by atoms with E-state index in [9.17, 15) is 0 Å². The molecule has 0 nitrogen and oxygen atoms in total. The molecule has 0 saturated heterocycles. The van der Waals surface area contributed by atoms with E-state index in [1.807, 2.05) is 0 Å². The van der Waals surface area contributed by atoms with Crippen molar-refractivity contribution in [2.75, 3.05) is 0 Å². The van der Waals surface area contributed by atoms with Crippen molar-refractivity contribution in [1.29, 1.82) is 0 Å². The van der Waals surface area contributed by atoms with Crippen molar-refractivity contribution >= 4 is 72.9 Å². The molecule has 0 amide bonds. The van der Waals surface area contributed by atoms with Crippen molar-refractivity contribution in [3.63, 3.8) is 0 Å². The van der Waals surface area contributed by atoms with Crippen LogP contribution in [0.5, 0.6) is 0 Å². The van der Waals surface area contributed by atoms with Gasteiger partial charge in [-0.25, -0.2) is 0 Å². The van der Waals surface area contributed by atoms with Crippen molar-refractivity contribution < 1.29 is 17.1 Å². The Morgan fingerprint density at radius 3 is 1.25 bits per heavy atom. The Kier molecular flexibility index (Phi) is 63.4. The average Bonchev–Trinajstić information content (AvgIpc) is 1.00. The van der Waals surface area contributed by atoms with Crippen molar-refractivity contribution in [1.82, 2.24) is 0 Å². The van der Waals surface area contributed by atoms with Crippen LogP contribution in [-0.2, 0) is 17.1 Å². The molecule has 0 aliphatic carbocycles. The molecule has 32 valence electrons. The van der Waals surface area contributed by atoms with Crippen LogP contribution in [0.2, 0.25) is 0 Å². The average molecular weight is 742 g/mol. The van der Waals surface area contributed by atoms with E-state index in [0.717, 1.165) is 0 Å². The molecule has 0 aromatic heterocycles. The Morgan fingerprint density at radius 1 is 1.25 bits per heavy atom. The van der Waals surface area contributed by atoms with Gasteiger partial charge in [0.2, 0.25) is 0 Å². The topological polar surface area (TPSA) is 0 Å². The minimum absolute atomic E-state index is 0. The van der Waals surface area contributed by atoms with Crippen molar-refractivity contribution in [2.45, 2.75) is 0 Å². The second-order valence-electron chi connectivity index (χ2n) is 0. The van der Waals surface area contributed by atoms with Crippen LogP contribution < -0.4 is 0 Å². The molecule has 0 atom stereocenters. The van der Waals surface area contributed by atoms with Crippen LogP contribution in [0.3, 0.4) is 0 Å². The molecule has 0 aliphatic rings. The molecule has 0 bridgehead atoms. The van der Waals surface area contributed by atoms with Gasteiger partial charge in [-0.15, -0.1) is 0 Å². The van der Waals surface area contributed by atoms with E-state index in [1.165, 1.54) is 19.4 Å². The van der Waals surface area contributed by atoms with Gasteiger partial charge >= 0.3 is 90.1 Å². The van der Waals surface area contributed by atoms with E-state index >= 15 is 0 Å². The first-order valence-corrected chi connectivity index (χ1v) is 9.56. The molecule has 0 heterocycles. The van der Waals surface area contributed by atoms with Crippen molar-refractivity contribution in [3.05, 3.63) is 0 Å². The van der Waals surface area contributed by atoms with Gasteiger partial charge in [0.25, 0.3) is 0 Å². The summed E-state index contributed by atoms with van der Waals surface area (Å²) in [6.45, 7) is 0. The zero-order chi connectivity index (χ0) is 2.00. The maximum absolute atomic E-state index is 2.41. The molecule has 4 heavy (non-hydrogen) atoms. The Hall–Kier alpha value is 3.36. The van der Waals surface area contributed by atoms with Gasteiger partial charge in [-0.2, -0.15) is 0 Å². The zero-order valence-corrected chi connectivity index (χ0v) is 18.8. The molecule has 0 aliphatic heterocycles. The molecular formula is H7AuBiPbSb. The second kappa shape index (κ2) is 16.2. The summed E-state index contributed by atoms with van der Waals surface area (Å²) in [7, 11) is 0. The van der Waals surface area contributed by atoms with Crippen molar-refractivity contribution in [2.24, 2.45) is 0 Å². The van der Waals surface area contributed by atoms with Gasteiger partial charge in [0.1, 0.15) is 0 Å². The molecule has 0 unspecified atom stereocenters. The summed E-state index contributed by atoms with van der Waals surface area (Å²) in [5.74, 6) is 0. The number of hydrogen-bond donors (Lipinski definition) is 0. The minimum atomic E-state index is 0. The van der Waals surface area contributed by atoms with E-state index in [1.54, 1.807) is 0 Å². The van der Waals surface area contributed by atoms with Crippen LogP contribution in [0.4, 0.5) is 0 Å². The van der Waals surface area contributed by atoms with Crippen LogP contribution in [0.1, 0.15) is 0 Å². The summed E-state index contributed by atoms with van der Waals surface area (Å²) in [5, 5.41) is 0. The van der Waals surface area contributed by atoms with Gasteiger partial charge in [0, 0.05) is 0 Å². The fourth-order valence-electron chi connectivity index (χ4n) is 0. The molecular weight excluding hydrogens is 735 g/mol. The van der Waals surface area contributed by atoms with E-state index in [0.29, 0.717) is 0 Å². The fourth-order valence-corrected chi connectivity index (χ4v) is 0. The van der Waals surface area contributed by atoms with Crippen molar-refractivity contribution in [3.8, 4) is 0 Å². The molecule has 0 aromatic rings. The quantitative estimate of drug-likeness (QED) is 0.233. The predicted molar refractivity (Wildman–Crippen MR) is 27.0 cm³/mol. The molecule has 0 fully saturated rings. The van der Waals surface area contributed by atoms with Crippen LogP contribution >= 0.6 is 0 Å². The maximum atomic E-state index is 2.41. The number of rotatable bonds is 0. The Bertz CT molecular complexity index is 8.00. The van der Waals surface area contributed by atoms with E-state index in [2.05, 4.69) is 17.1 Å². The van der Waals surface area contributed by atoms with Crippen LogP contribution in [0.15, 0.2) is 0 Å². The second-order valence-corrected chi connectivity index (χ2v) is 0. The summed E-state index contributed by atoms with van der Waals surface area (Å²) in [6, 6.07) is 0. The van der Waals surface area contributed by atoms with Gasteiger partial charge in [0.05, 0.1) is 0 Å². The summed E-state index contributed by atoms with van der Waals surface area (Å²) in [5.41, 5.74) is 0. The third-order valence-electron chi connectivity index (χ3n) is 0. The third-order valence-corrected chi connectivity index (χ3v) is 0. The van der Waals surface area contributed by atoms with E-state index < -0.39 is 0 Å². The molecule has 0 saturated carbocycles. The standard InChI is InChI=1S/Au.Bi.Pb.Sb.7H. The zero-order valence-electron chi connectivity index (χ0n) is 2.29. The first-order chi connectivity index (χ1) is 1.00. The predicted octanol–water partition coefficient (Wildman–Crippen LogP) is -3.02. The van der Waals surface area contributed by atoms with Gasteiger partial charge in [0.15, 0.2) is 0 Å². The summed E-state index contributed by atoms with van der Waals surface area (Å²) >= 11 is 3.70. The molecule has 0 aromatic carbocycles. The Labute approximate surface area is 87.8 Å². The first kappa shape index (κ1) is 15.7. The Morgan fingerprint density at radius 2 is 1.25 bits per heavy atom. The van der Waals surface area contributed by atoms with Gasteiger partial charge in [-0.1, -0.05) is 0 Å². The molecule has 0 spiro atoms. The van der Waals surface area contributed by atoms with Crippen LogP contribution in [0, 0.1) is 0 Å². The van der Waals surface area contributed by atoms with E-state index in [-0.39, 0.29) is 53.5 Å². The van der Waals surface area contributed by atoms with Gasteiger partial charge in [-0.05, 0) is 0 Å². The molecule has 2 radical (unpaired) electrons. The summed E-state index contributed by atoms with van der Waals surface area (Å²) in [6.07, 6.45) is 0. The normalized spacial score (nSPS) is 1.75. The summed E-state index contributed by atoms with van der Waals surface area (Å²) < 4.78 is 0. The van der Waals surface area contributed by atoms with Crippen LogP contribution in [-0.4, -0.2) is 72.9 Å². The summed E-state index contributed by atoms with van der Waals surface area (Å²) in [4.78, 5) is 0. The molecule has 0 N–H and O–H groups in total. The Balaban J connectivity index is -0.00000000500. The molecule has 0 rings (SSSR count). The van der Waals surface area contributed by atoms with Gasteiger partial charge < -0.3 is 0 Å². The van der Waals surface area contributed by atoms with E-state index in [4.69, 9.17) is 0 Å². The fraction of sp³-hybridized carbons (Fsp3) is 0.